The van der Waals surface area contributed by atoms with Gasteiger partial charge >= 0.3 is 0 Å². The van der Waals surface area contributed by atoms with Crippen LogP contribution in [0.3, 0.4) is 0 Å². The van der Waals surface area contributed by atoms with Crippen molar-refractivity contribution in [1.82, 2.24) is 9.71 Å². The molecule has 0 fully saturated rings. The Kier molecular flexibility index (Phi) is 6.23. The van der Waals surface area contributed by atoms with E-state index in [1.54, 1.807) is 23.5 Å². The molecule has 0 aliphatic carbocycles. The first-order valence-corrected chi connectivity index (χ1v) is 11.1. The highest BCUT2D eigenvalue weighted by atomic mass is 32.2. The van der Waals surface area contributed by atoms with E-state index in [1.165, 1.54) is 24.6 Å². The van der Waals surface area contributed by atoms with Crippen molar-refractivity contribution >= 4 is 33.0 Å². The third kappa shape index (κ3) is 5.25. The first-order valence-electron chi connectivity index (χ1n) is 8.72. The van der Waals surface area contributed by atoms with E-state index in [0.717, 1.165) is 16.3 Å². The van der Waals surface area contributed by atoms with Gasteiger partial charge in [0.1, 0.15) is 5.01 Å². The first kappa shape index (κ1) is 20.2. The predicted octanol–water partition coefficient (Wildman–Crippen LogP) is 3.60. The van der Waals surface area contributed by atoms with Crippen molar-refractivity contribution in [3.05, 3.63) is 65.2 Å². The van der Waals surface area contributed by atoms with Crippen LogP contribution in [0.5, 0.6) is 0 Å². The quantitative estimate of drug-likeness (QED) is 0.617. The zero-order chi connectivity index (χ0) is 20.1. The molecule has 0 aliphatic rings. The van der Waals surface area contributed by atoms with Gasteiger partial charge < -0.3 is 5.32 Å². The predicted molar refractivity (Wildman–Crippen MR) is 112 cm³/mol. The van der Waals surface area contributed by atoms with Crippen molar-refractivity contribution in [1.29, 1.82) is 0 Å². The van der Waals surface area contributed by atoms with Crippen molar-refractivity contribution in [3.63, 3.8) is 0 Å². The lowest BCUT2D eigenvalue weighted by molar-refractivity contribution is -0.114. The van der Waals surface area contributed by atoms with Crippen LogP contribution in [-0.2, 0) is 21.2 Å². The summed E-state index contributed by atoms with van der Waals surface area (Å²) in [7, 11) is -3.61. The highest BCUT2D eigenvalue weighted by Gasteiger charge is 2.14. The molecule has 0 saturated carbocycles. The molecule has 28 heavy (non-hydrogen) atoms. The standard InChI is InChI=1S/C20H21N3O3S2/c1-14-3-5-16(6-4-14)20-23-18(13-27-20)11-12-21-28(25,26)19-9-7-17(8-10-19)22-15(2)24/h3-10,13,21H,11-12H2,1-2H3,(H,22,24). The van der Waals surface area contributed by atoms with Crippen molar-refractivity contribution in [2.75, 3.05) is 11.9 Å². The molecule has 2 aromatic carbocycles. The Labute approximate surface area is 168 Å². The summed E-state index contributed by atoms with van der Waals surface area (Å²) < 4.78 is 27.4. The number of carbonyl (C=O) groups is 1. The van der Waals surface area contributed by atoms with E-state index in [-0.39, 0.29) is 17.3 Å². The first-order chi connectivity index (χ1) is 13.3. The Bertz CT molecular complexity index is 1060. The third-order valence-electron chi connectivity index (χ3n) is 4.01. The van der Waals surface area contributed by atoms with Gasteiger partial charge in [0, 0.05) is 36.5 Å². The number of sulfonamides is 1. The summed E-state index contributed by atoms with van der Waals surface area (Å²) in [6, 6.07) is 14.2. The Morgan fingerprint density at radius 1 is 1.07 bits per heavy atom. The molecule has 3 rings (SSSR count). The number of rotatable bonds is 7. The van der Waals surface area contributed by atoms with Crippen molar-refractivity contribution < 1.29 is 13.2 Å². The summed E-state index contributed by atoms with van der Waals surface area (Å²) in [4.78, 5) is 15.8. The Balaban J connectivity index is 1.58. The van der Waals surface area contributed by atoms with Crippen LogP contribution >= 0.6 is 11.3 Å². The zero-order valence-corrected chi connectivity index (χ0v) is 17.2. The van der Waals surface area contributed by atoms with Crippen LogP contribution in [0.2, 0.25) is 0 Å². The molecule has 8 heteroatoms. The lowest BCUT2D eigenvalue weighted by atomic mass is 10.2. The maximum absolute atomic E-state index is 12.4. The van der Waals surface area contributed by atoms with Gasteiger partial charge in [-0.05, 0) is 31.2 Å². The second kappa shape index (κ2) is 8.64. The third-order valence-corrected chi connectivity index (χ3v) is 6.43. The molecule has 1 amide bonds. The second-order valence-corrected chi connectivity index (χ2v) is 8.99. The van der Waals surface area contributed by atoms with E-state index in [0.29, 0.717) is 12.1 Å². The monoisotopic (exact) mass is 415 g/mol. The van der Waals surface area contributed by atoms with Gasteiger partial charge in [0.15, 0.2) is 0 Å². The highest BCUT2D eigenvalue weighted by molar-refractivity contribution is 7.89. The van der Waals surface area contributed by atoms with Crippen LogP contribution in [-0.4, -0.2) is 25.9 Å². The number of nitrogens with one attached hydrogen (secondary N) is 2. The summed E-state index contributed by atoms with van der Waals surface area (Å²) in [6.45, 7) is 3.69. The Morgan fingerprint density at radius 2 is 1.75 bits per heavy atom. The molecule has 146 valence electrons. The summed E-state index contributed by atoms with van der Waals surface area (Å²) in [5, 5.41) is 5.48. The van der Waals surface area contributed by atoms with Crippen LogP contribution in [0, 0.1) is 6.92 Å². The normalized spacial score (nSPS) is 11.4. The molecular formula is C20H21N3O3S2. The second-order valence-electron chi connectivity index (χ2n) is 6.36. The molecule has 1 heterocycles. The number of aromatic nitrogens is 1. The van der Waals surface area contributed by atoms with Crippen LogP contribution in [0.4, 0.5) is 5.69 Å². The number of carbonyl (C=O) groups excluding carboxylic acids is 1. The summed E-state index contributed by atoms with van der Waals surface area (Å²) in [5.74, 6) is -0.206. The lowest BCUT2D eigenvalue weighted by Crippen LogP contribution is -2.26. The Morgan fingerprint density at radius 3 is 2.39 bits per heavy atom. The fraction of sp³-hybridized carbons (Fsp3) is 0.200. The van der Waals surface area contributed by atoms with E-state index in [9.17, 15) is 13.2 Å². The van der Waals surface area contributed by atoms with E-state index in [2.05, 4.69) is 15.0 Å². The molecule has 0 saturated heterocycles. The van der Waals surface area contributed by atoms with Crippen LogP contribution in [0.1, 0.15) is 18.2 Å². The average Bonchev–Trinajstić information content (AvgIpc) is 3.11. The molecule has 0 radical (unpaired) electrons. The summed E-state index contributed by atoms with van der Waals surface area (Å²) in [6.07, 6.45) is 0.506. The zero-order valence-electron chi connectivity index (χ0n) is 15.6. The minimum atomic E-state index is -3.61. The molecule has 0 unspecified atom stereocenters. The molecule has 0 aliphatic heterocycles. The van der Waals surface area contributed by atoms with E-state index >= 15 is 0 Å². The van der Waals surface area contributed by atoms with Gasteiger partial charge in [0.2, 0.25) is 15.9 Å². The van der Waals surface area contributed by atoms with E-state index in [4.69, 9.17) is 0 Å². The number of thiazole rings is 1. The van der Waals surface area contributed by atoms with Crippen LogP contribution < -0.4 is 10.0 Å². The van der Waals surface area contributed by atoms with Crippen LogP contribution in [0.15, 0.2) is 58.8 Å². The summed E-state index contributed by atoms with van der Waals surface area (Å²) >= 11 is 1.55. The molecule has 3 aromatic rings. The molecule has 1 aromatic heterocycles. The number of amides is 1. The number of hydrogen-bond acceptors (Lipinski definition) is 5. The number of anilines is 1. The van der Waals surface area contributed by atoms with Gasteiger partial charge in [-0.15, -0.1) is 11.3 Å². The smallest absolute Gasteiger partial charge is 0.240 e. The summed E-state index contributed by atoms with van der Waals surface area (Å²) in [5.41, 5.74) is 3.66. The Hall–Kier alpha value is -2.55. The lowest BCUT2D eigenvalue weighted by Gasteiger charge is -2.07. The van der Waals surface area contributed by atoms with Gasteiger partial charge in [-0.2, -0.15) is 0 Å². The molecule has 0 atom stereocenters. The topological polar surface area (TPSA) is 88.2 Å². The molecule has 2 N–H and O–H groups in total. The van der Waals surface area contributed by atoms with Gasteiger partial charge in [-0.25, -0.2) is 18.1 Å². The van der Waals surface area contributed by atoms with Gasteiger partial charge in [0.25, 0.3) is 0 Å². The maximum atomic E-state index is 12.4. The fourth-order valence-corrected chi connectivity index (χ4v) is 4.46. The molecule has 0 bridgehead atoms. The largest absolute Gasteiger partial charge is 0.326 e. The SMILES string of the molecule is CC(=O)Nc1ccc(S(=O)(=O)NCCc2csc(-c3ccc(C)cc3)n2)cc1. The van der Waals surface area contributed by atoms with Gasteiger partial charge in [0.05, 0.1) is 10.6 Å². The highest BCUT2D eigenvalue weighted by Crippen LogP contribution is 2.24. The molecule has 6 nitrogen and oxygen atoms in total. The van der Waals surface area contributed by atoms with Crippen molar-refractivity contribution in [3.8, 4) is 10.6 Å². The number of benzene rings is 2. The van der Waals surface area contributed by atoms with E-state index in [1.807, 2.05) is 36.6 Å². The van der Waals surface area contributed by atoms with E-state index < -0.39 is 10.0 Å². The van der Waals surface area contributed by atoms with Gasteiger partial charge in [-0.1, -0.05) is 29.8 Å². The molecule has 0 spiro atoms. The number of nitrogens with zero attached hydrogens (tertiary/aromatic N) is 1. The number of aryl methyl sites for hydroxylation is 1. The van der Waals surface area contributed by atoms with Crippen molar-refractivity contribution in [2.45, 2.75) is 25.2 Å². The average molecular weight is 416 g/mol. The molecular weight excluding hydrogens is 394 g/mol. The minimum absolute atomic E-state index is 0.153. The maximum Gasteiger partial charge on any atom is 0.240 e. The number of hydrogen-bond donors (Lipinski definition) is 2. The van der Waals surface area contributed by atoms with Gasteiger partial charge in [-0.3, -0.25) is 4.79 Å². The van der Waals surface area contributed by atoms with Crippen molar-refractivity contribution in [2.24, 2.45) is 0 Å². The minimum Gasteiger partial charge on any atom is -0.326 e. The van der Waals surface area contributed by atoms with Crippen LogP contribution in [0.25, 0.3) is 10.6 Å². The fourth-order valence-electron chi connectivity index (χ4n) is 2.57.